The summed E-state index contributed by atoms with van der Waals surface area (Å²) in [6.07, 6.45) is 5.47. The maximum Gasteiger partial charge on any atom is 0.124 e. The van der Waals surface area contributed by atoms with Crippen molar-refractivity contribution in [1.82, 2.24) is 0 Å². The number of rotatable bonds is 4. The van der Waals surface area contributed by atoms with Crippen LogP contribution in [0.1, 0.15) is 58.4 Å². The predicted molar refractivity (Wildman–Crippen MR) is 88.8 cm³/mol. The van der Waals surface area contributed by atoms with Gasteiger partial charge in [0.2, 0.25) is 0 Å². The highest BCUT2D eigenvalue weighted by atomic mass is 79.9. The first kappa shape index (κ1) is 17.0. The molecule has 0 unspecified atom stereocenters. The van der Waals surface area contributed by atoms with Gasteiger partial charge in [0, 0.05) is 10.9 Å². The first-order chi connectivity index (χ1) is 9.74. The van der Waals surface area contributed by atoms with Gasteiger partial charge in [0.05, 0.1) is 5.60 Å². The molecule has 1 aromatic rings. The van der Waals surface area contributed by atoms with Crippen LogP contribution in [0.5, 0.6) is 0 Å². The number of halogens is 2. The van der Waals surface area contributed by atoms with Crippen LogP contribution in [-0.2, 0) is 6.42 Å². The van der Waals surface area contributed by atoms with Crippen LogP contribution in [0.3, 0.4) is 0 Å². The van der Waals surface area contributed by atoms with Gasteiger partial charge in [-0.1, -0.05) is 43.1 Å². The quantitative estimate of drug-likeness (QED) is 0.756. The molecule has 118 valence electrons. The molecule has 0 heterocycles. The summed E-state index contributed by atoms with van der Waals surface area (Å²) in [7, 11) is 0. The van der Waals surface area contributed by atoms with E-state index >= 15 is 0 Å². The zero-order valence-corrected chi connectivity index (χ0v) is 14.8. The molecule has 0 aliphatic heterocycles. The highest BCUT2D eigenvalue weighted by Gasteiger charge is 2.38. The Kier molecular flexibility index (Phi) is 5.15. The summed E-state index contributed by atoms with van der Waals surface area (Å²) in [5.74, 6) is 0.436. The standard InChI is InChI=1S/C18H26BrFO/c1-4-17(2,3)14-5-7-18(21,8-6-14)12-13-9-15(19)11-16(20)10-13/h9-11,14,21H,4-8,12H2,1-3H3. The fourth-order valence-corrected chi connectivity index (χ4v) is 4.01. The summed E-state index contributed by atoms with van der Waals surface area (Å²) in [5.41, 5.74) is 0.550. The van der Waals surface area contributed by atoms with Gasteiger partial charge >= 0.3 is 0 Å². The lowest BCUT2D eigenvalue weighted by atomic mass is 9.65. The van der Waals surface area contributed by atoms with Crippen LogP contribution in [0.25, 0.3) is 0 Å². The van der Waals surface area contributed by atoms with Crippen LogP contribution in [0, 0.1) is 17.2 Å². The van der Waals surface area contributed by atoms with Crippen molar-refractivity contribution in [1.29, 1.82) is 0 Å². The second-order valence-electron chi connectivity index (χ2n) is 7.30. The molecule has 1 fully saturated rings. The lowest BCUT2D eigenvalue weighted by molar-refractivity contribution is -0.0276. The van der Waals surface area contributed by atoms with Gasteiger partial charge in [-0.3, -0.25) is 0 Å². The maximum absolute atomic E-state index is 13.5. The van der Waals surface area contributed by atoms with E-state index in [-0.39, 0.29) is 5.82 Å². The van der Waals surface area contributed by atoms with Crippen molar-refractivity contribution < 1.29 is 9.50 Å². The molecule has 0 spiro atoms. The molecular weight excluding hydrogens is 331 g/mol. The molecule has 2 rings (SSSR count). The first-order valence-corrected chi connectivity index (χ1v) is 8.71. The van der Waals surface area contributed by atoms with Crippen LogP contribution in [0.4, 0.5) is 4.39 Å². The van der Waals surface area contributed by atoms with Crippen molar-refractivity contribution in [2.24, 2.45) is 11.3 Å². The van der Waals surface area contributed by atoms with Crippen molar-refractivity contribution in [2.45, 2.75) is 64.9 Å². The molecule has 0 saturated heterocycles. The molecule has 1 aliphatic rings. The number of aliphatic hydroxyl groups is 1. The number of benzene rings is 1. The number of hydrogen-bond acceptors (Lipinski definition) is 1. The molecule has 3 heteroatoms. The molecule has 1 aromatic carbocycles. The lowest BCUT2D eigenvalue weighted by Gasteiger charge is -2.42. The van der Waals surface area contributed by atoms with Crippen LogP contribution in [0.15, 0.2) is 22.7 Å². The lowest BCUT2D eigenvalue weighted by Crippen LogP contribution is -2.39. The van der Waals surface area contributed by atoms with Crippen molar-refractivity contribution in [3.05, 3.63) is 34.1 Å². The second kappa shape index (κ2) is 6.37. The monoisotopic (exact) mass is 356 g/mol. The molecule has 0 aromatic heterocycles. The Morgan fingerprint density at radius 1 is 1.29 bits per heavy atom. The van der Waals surface area contributed by atoms with Gasteiger partial charge in [0.25, 0.3) is 0 Å². The maximum atomic E-state index is 13.5. The third-order valence-corrected chi connectivity index (χ3v) is 5.85. The van der Waals surface area contributed by atoms with Crippen molar-refractivity contribution in [3.8, 4) is 0 Å². The van der Waals surface area contributed by atoms with Crippen molar-refractivity contribution in [2.75, 3.05) is 0 Å². The summed E-state index contributed by atoms with van der Waals surface area (Å²) < 4.78 is 14.2. The van der Waals surface area contributed by atoms with E-state index in [0.29, 0.717) is 17.8 Å². The Morgan fingerprint density at radius 3 is 2.43 bits per heavy atom. The minimum atomic E-state index is -0.673. The summed E-state index contributed by atoms with van der Waals surface area (Å²) in [5, 5.41) is 10.8. The highest BCUT2D eigenvalue weighted by molar-refractivity contribution is 9.10. The van der Waals surface area contributed by atoms with Gasteiger partial charge in [0.15, 0.2) is 0 Å². The smallest absolute Gasteiger partial charge is 0.124 e. The Balaban J connectivity index is 2.02. The molecule has 1 saturated carbocycles. The third kappa shape index (κ3) is 4.29. The molecule has 21 heavy (non-hydrogen) atoms. The minimum Gasteiger partial charge on any atom is -0.390 e. The third-order valence-electron chi connectivity index (χ3n) is 5.39. The van der Waals surface area contributed by atoms with Gasteiger partial charge in [-0.2, -0.15) is 0 Å². The highest BCUT2D eigenvalue weighted by Crippen LogP contribution is 2.44. The van der Waals surface area contributed by atoms with Crippen molar-refractivity contribution in [3.63, 3.8) is 0 Å². The molecule has 0 amide bonds. The van der Waals surface area contributed by atoms with Crippen LogP contribution in [0.2, 0.25) is 0 Å². The Hall–Kier alpha value is -0.410. The molecule has 1 nitrogen and oxygen atoms in total. The SMILES string of the molecule is CCC(C)(C)C1CCC(O)(Cc2cc(F)cc(Br)c2)CC1. The molecule has 1 aliphatic carbocycles. The van der Waals surface area contributed by atoms with Gasteiger partial charge < -0.3 is 5.11 Å². The fourth-order valence-electron chi connectivity index (χ4n) is 3.50. The topological polar surface area (TPSA) is 20.2 Å². The van der Waals surface area contributed by atoms with E-state index in [9.17, 15) is 9.50 Å². The van der Waals surface area contributed by atoms with E-state index in [2.05, 4.69) is 36.7 Å². The summed E-state index contributed by atoms with van der Waals surface area (Å²) >= 11 is 3.32. The van der Waals surface area contributed by atoms with Crippen LogP contribution < -0.4 is 0 Å². The predicted octanol–water partition coefficient (Wildman–Crippen LogP) is 5.49. The fraction of sp³-hybridized carbons (Fsp3) is 0.667. The van der Waals surface area contributed by atoms with E-state index in [1.165, 1.54) is 18.6 Å². The second-order valence-corrected chi connectivity index (χ2v) is 8.21. The molecule has 0 atom stereocenters. The molecule has 0 radical (unpaired) electrons. The van der Waals surface area contributed by atoms with Gasteiger partial charge in [0.1, 0.15) is 5.82 Å². The average Bonchev–Trinajstić information content (AvgIpc) is 2.37. The van der Waals surface area contributed by atoms with E-state index in [1.807, 2.05) is 6.07 Å². The van der Waals surface area contributed by atoms with Gasteiger partial charge in [-0.05, 0) is 60.8 Å². The average molecular weight is 357 g/mol. The first-order valence-electron chi connectivity index (χ1n) is 7.91. The summed E-state index contributed by atoms with van der Waals surface area (Å²) in [6, 6.07) is 4.89. The van der Waals surface area contributed by atoms with E-state index < -0.39 is 5.60 Å². The Morgan fingerprint density at radius 2 is 1.90 bits per heavy atom. The minimum absolute atomic E-state index is 0.247. The zero-order chi connectivity index (χ0) is 15.7. The van der Waals surface area contributed by atoms with E-state index in [4.69, 9.17) is 0 Å². The van der Waals surface area contributed by atoms with E-state index in [1.54, 1.807) is 0 Å². The normalized spacial score (nSPS) is 26.9. The van der Waals surface area contributed by atoms with Gasteiger partial charge in [-0.15, -0.1) is 0 Å². The molecule has 0 bridgehead atoms. The largest absolute Gasteiger partial charge is 0.390 e. The summed E-state index contributed by atoms with van der Waals surface area (Å²) in [6.45, 7) is 6.89. The molecular formula is C18H26BrFO. The van der Waals surface area contributed by atoms with Crippen LogP contribution in [-0.4, -0.2) is 10.7 Å². The van der Waals surface area contributed by atoms with Gasteiger partial charge in [-0.25, -0.2) is 4.39 Å². The summed E-state index contributed by atoms with van der Waals surface area (Å²) in [4.78, 5) is 0. The van der Waals surface area contributed by atoms with Crippen LogP contribution >= 0.6 is 15.9 Å². The Labute approximate surface area is 136 Å². The number of hydrogen-bond donors (Lipinski definition) is 1. The van der Waals surface area contributed by atoms with Crippen molar-refractivity contribution >= 4 is 15.9 Å². The Bertz CT molecular complexity index is 470. The zero-order valence-electron chi connectivity index (χ0n) is 13.3. The molecule has 1 N–H and O–H groups in total. The van der Waals surface area contributed by atoms with E-state index in [0.717, 1.165) is 35.7 Å².